The van der Waals surface area contributed by atoms with E-state index in [1.807, 2.05) is 6.07 Å². The van der Waals surface area contributed by atoms with Crippen LogP contribution in [0, 0.1) is 5.92 Å². The second-order valence-electron chi connectivity index (χ2n) is 11.0. The Morgan fingerprint density at radius 1 is 1.11 bits per heavy atom. The molecule has 1 unspecified atom stereocenters. The predicted octanol–water partition coefficient (Wildman–Crippen LogP) is 5.82. The zero-order valence-electron chi connectivity index (χ0n) is 21.2. The fraction of sp³-hybridized carbons (Fsp3) is 0.500. The maximum atomic E-state index is 11.9. The van der Waals surface area contributed by atoms with Gasteiger partial charge in [-0.1, -0.05) is 25.3 Å². The molecule has 1 saturated carbocycles. The zero-order valence-corrected chi connectivity index (χ0v) is 21.2. The number of hydrogen-bond donors (Lipinski definition) is 2. The van der Waals surface area contributed by atoms with Gasteiger partial charge < -0.3 is 19.5 Å². The quantitative estimate of drug-likeness (QED) is 0.473. The van der Waals surface area contributed by atoms with Crippen LogP contribution in [0.25, 0.3) is 22.2 Å². The van der Waals surface area contributed by atoms with E-state index in [1.165, 1.54) is 59.9 Å². The molecule has 2 fully saturated rings. The topological polar surface area (TPSA) is 74.9 Å². The highest BCUT2D eigenvalue weighted by atomic mass is 16.5. The van der Waals surface area contributed by atoms with Gasteiger partial charge in [0.05, 0.1) is 25.0 Å². The molecular formula is C30H36N2O4. The van der Waals surface area contributed by atoms with Crippen LogP contribution in [0.4, 0.5) is 0 Å². The number of aliphatic hydroxyl groups is 1. The number of ether oxygens (including phenoxy) is 1. The number of aliphatic hydroxyl groups excluding tert-OH is 1. The van der Waals surface area contributed by atoms with E-state index in [0.29, 0.717) is 17.4 Å². The molecule has 3 heterocycles. The summed E-state index contributed by atoms with van der Waals surface area (Å²) < 4.78 is 8.13. The number of fused-ring (bicyclic) bond motifs is 7. The third kappa shape index (κ3) is 3.65. The van der Waals surface area contributed by atoms with Crippen LogP contribution in [-0.4, -0.2) is 52.0 Å². The van der Waals surface area contributed by atoms with Crippen LogP contribution in [0.3, 0.4) is 0 Å². The van der Waals surface area contributed by atoms with Crippen molar-refractivity contribution in [3.05, 3.63) is 53.1 Å². The third-order valence-corrected chi connectivity index (χ3v) is 9.01. The number of carboxylic acid groups (broad SMARTS) is 1. The molecule has 6 heteroatoms. The van der Waals surface area contributed by atoms with Crippen LogP contribution < -0.4 is 4.74 Å². The third-order valence-electron chi connectivity index (χ3n) is 9.01. The molecule has 3 atom stereocenters. The summed E-state index contributed by atoms with van der Waals surface area (Å²) in [6, 6.07) is 12.5. The first kappa shape index (κ1) is 23.6. The molecule has 2 N–H and O–H groups in total. The van der Waals surface area contributed by atoms with Crippen molar-refractivity contribution in [2.75, 3.05) is 20.3 Å². The maximum absolute atomic E-state index is 11.9. The Morgan fingerprint density at radius 2 is 1.92 bits per heavy atom. The molecule has 6 nitrogen and oxygen atoms in total. The number of likely N-dealkylation sites (tertiary alicyclic amines) is 1. The van der Waals surface area contributed by atoms with Gasteiger partial charge in [0, 0.05) is 35.1 Å². The molecule has 36 heavy (non-hydrogen) atoms. The summed E-state index contributed by atoms with van der Waals surface area (Å²) in [5, 5.41) is 21.1. The van der Waals surface area contributed by atoms with Crippen LogP contribution in [-0.2, 0) is 6.54 Å². The lowest BCUT2D eigenvalue weighted by Crippen LogP contribution is -2.36. The number of carbonyl (C=O) groups is 1. The highest BCUT2D eigenvalue weighted by Gasteiger charge is 2.42. The Hall–Kier alpha value is -2.83. The number of rotatable bonds is 5. The van der Waals surface area contributed by atoms with Crippen LogP contribution in [0.5, 0.6) is 5.75 Å². The molecule has 1 aromatic heterocycles. The second kappa shape index (κ2) is 9.24. The first-order valence-corrected chi connectivity index (χ1v) is 13.5. The summed E-state index contributed by atoms with van der Waals surface area (Å²) in [5.74, 6) is 0.822. The predicted molar refractivity (Wildman–Crippen MR) is 141 cm³/mol. The van der Waals surface area contributed by atoms with Crippen molar-refractivity contribution in [2.45, 2.75) is 70.0 Å². The average Bonchev–Trinajstić information content (AvgIpc) is 3.43. The minimum atomic E-state index is -0.882. The molecule has 1 saturated heterocycles. The van der Waals surface area contributed by atoms with Gasteiger partial charge in [-0.25, -0.2) is 4.79 Å². The number of aromatic nitrogens is 1. The molecule has 1 aliphatic carbocycles. The molecule has 3 aromatic rings. The van der Waals surface area contributed by atoms with Gasteiger partial charge in [-0.2, -0.15) is 0 Å². The highest BCUT2D eigenvalue weighted by Crippen LogP contribution is 2.52. The average molecular weight is 489 g/mol. The molecule has 2 aliphatic heterocycles. The first-order valence-electron chi connectivity index (χ1n) is 13.5. The molecule has 190 valence electrons. The van der Waals surface area contributed by atoms with Crippen molar-refractivity contribution >= 4 is 16.9 Å². The second-order valence-corrected chi connectivity index (χ2v) is 11.0. The van der Waals surface area contributed by atoms with E-state index in [2.05, 4.69) is 40.7 Å². The Bertz CT molecular complexity index is 1310. The van der Waals surface area contributed by atoms with Crippen molar-refractivity contribution in [3.63, 3.8) is 0 Å². The fourth-order valence-electron chi connectivity index (χ4n) is 7.26. The molecule has 6 rings (SSSR count). The van der Waals surface area contributed by atoms with E-state index in [1.54, 1.807) is 13.2 Å². The number of carboxylic acids is 1. The van der Waals surface area contributed by atoms with E-state index in [4.69, 9.17) is 4.74 Å². The van der Waals surface area contributed by atoms with E-state index in [9.17, 15) is 15.0 Å². The number of nitrogens with zero attached hydrogens (tertiary/aromatic N) is 2. The Balaban J connectivity index is 1.65. The van der Waals surface area contributed by atoms with Crippen molar-refractivity contribution in [3.8, 4) is 17.0 Å². The largest absolute Gasteiger partial charge is 0.497 e. The summed E-state index contributed by atoms with van der Waals surface area (Å²) in [6.07, 6.45) is 7.18. The lowest BCUT2D eigenvalue weighted by atomic mass is 9.81. The van der Waals surface area contributed by atoms with Crippen LogP contribution in [0.1, 0.15) is 78.9 Å². The Morgan fingerprint density at radius 3 is 2.64 bits per heavy atom. The minimum absolute atomic E-state index is 0.0738. The van der Waals surface area contributed by atoms with Gasteiger partial charge in [0.2, 0.25) is 0 Å². The molecule has 0 bridgehead atoms. The maximum Gasteiger partial charge on any atom is 0.335 e. The lowest BCUT2D eigenvalue weighted by molar-refractivity contribution is 0.0697. The van der Waals surface area contributed by atoms with E-state index in [0.717, 1.165) is 30.8 Å². The smallest absolute Gasteiger partial charge is 0.335 e. The summed E-state index contributed by atoms with van der Waals surface area (Å²) in [7, 11) is 1.72. The lowest BCUT2D eigenvalue weighted by Gasteiger charge is -2.33. The molecule has 2 aromatic carbocycles. The van der Waals surface area contributed by atoms with Gasteiger partial charge in [-0.05, 0) is 86.0 Å². The van der Waals surface area contributed by atoms with Gasteiger partial charge in [0.1, 0.15) is 5.75 Å². The van der Waals surface area contributed by atoms with Crippen LogP contribution >= 0.6 is 0 Å². The highest BCUT2D eigenvalue weighted by molar-refractivity contribution is 5.98. The van der Waals surface area contributed by atoms with Gasteiger partial charge in [0.15, 0.2) is 0 Å². The summed E-state index contributed by atoms with van der Waals surface area (Å²) in [5.41, 5.74) is 6.55. The number of methoxy groups -OCH3 is 1. The standard InChI is InChI=1S/C30H36N2O4/c1-18(17-33)31-13-12-21-16-32-26-14-20(30(34)35)8-10-24(26)27(19-6-4-3-5-7-19)29(32)23-11-9-22(36-2)15-25(23)28(21)31/h8-11,14-15,18-19,21,28,33H,3-7,12-13,16-17H2,1-2H3,(H,34,35)/t18?,21-,28-/m1/s1. The first-order chi connectivity index (χ1) is 17.5. The Labute approximate surface area is 212 Å². The van der Waals surface area contributed by atoms with E-state index in [-0.39, 0.29) is 18.7 Å². The van der Waals surface area contributed by atoms with Gasteiger partial charge >= 0.3 is 5.97 Å². The van der Waals surface area contributed by atoms with Crippen LogP contribution in [0.2, 0.25) is 0 Å². The van der Waals surface area contributed by atoms with Crippen molar-refractivity contribution < 1.29 is 19.7 Å². The zero-order chi connectivity index (χ0) is 25.0. The summed E-state index contributed by atoms with van der Waals surface area (Å²) in [6.45, 7) is 4.03. The van der Waals surface area contributed by atoms with Gasteiger partial charge in [-0.15, -0.1) is 0 Å². The van der Waals surface area contributed by atoms with E-state index >= 15 is 0 Å². The number of aromatic carboxylic acids is 1. The van der Waals surface area contributed by atoms with Gasteiger partial charge in [-0.3, -0.25) is 4.90 Å². The molecular weight excluding hydrogens is 452 g/mol. The number of benzene rings is 2. The SMILES string of the molecule is COc1ccc2c(c1)[C@H]1[C@H](CCN1C(C)CO)Cn1c-2c(C2CCCCC2)c2ccc(C(=O)O)cc21. The molecule has 0 amide bonds. The van der Waals surface area contributed by atoms with Crippen molar-refractivity contribution in [1.29, 1.82) is 0 Å². The molecule has 3 aliphatic rings. The monoisotopic (exact) mass is 488 g/mol. The Kier molecular flexibility index (Phi) is 6.05. The normalized spacial score (nSPS) is 23.1. The molecule has 0 radical (unpaired) electrons. The van der Waals surface area contributed by atoms with Crippen molar-refractivity contribution in [1.82, 2.24) is 9.47 Å². The van der Waals surface area contributed by atoms with Crippen LogP contribution in [0.15, 0.2) is 36.4 Å². The minimum Gasteiger partial charge on any atom is -0.497 e. The number of hydrogen-bond acceptors (Lipinski definition) is 4. The van der Waals surface area contributed by atoms with Crippen molar-refractivity contribution in [2.24, 2.45) is 5.92 Å². The fourth-order valence-corrected chi connectivity index (χ4v) is 7.26. The van der Waals surface area contributed by atoms with E-state index < -0.39 is 5.97 Å². The summed E-state index contributed by atoms with van der Waals surface area (Å²) >= 11 is 0. The molecule has 0 spiro atoms. The summed E-state index contributed by atoms with van der Waals surface area (Å²) in [4.78, 5) is 14.4. The van der Waals surface area contributed by atoms with Gasteiger partial charge in [0.25, 0.3) is 0 Å².